The van der Waals surface area contributed by atoms with Crippen molar-refractivity contribution in [1.82, 2.24) is 19.5 Å². The molecule has 3 aromatic heterocycles. The van der Waals surface area contributed by atoms with E-state index in [1.807, 2.05) is 29.9 Å². The standard InChI is InChI=1S/C9H8BrN3.C8H10BrNO/c1-13-5-4-11-9(13)8-3-2-7(10)6-12-8;1-8(2,11)6-3-4-10-7(9)5-6/h2-6H,1H3;3-5,11H,1-2H3. The minimum atomic E-state index is -0.786. The molecule has 0 aliphatic heterocycles. The topological polar surface area (TPSA) is 63.8 Å². The lowest BCUT2D eigenvalue weighted by Crippen LogP contribution is -2.15. The van der Waals surface area contributed by atoms with Gasteiger partial charge in [-0.1, -0.05) is 0 Å². The summed E-state index contributed by atoms with van der Waals surface area (Å²) in [6.07, 6.45) is 7.10. The minimum absolute atomic E-state index is 0.747. The van der Waals surface area contributed by atoms with Gasteiger partial charge in [0.1, 0.15) is 10.3 Å². The number of hydrogen-bond acceptors (Lipinski definition) is 4. The maximum atomic E-state index is 9.56. The van der Waals surface area contributed by atoms with E-state index < -0.39 is 5.60 Å². The van der Waals surface area contributed by atoms with Gasteiger partial charge in [0.25, 0.3) is 0 Å². The first kappa shape index (κ1) is 18.8. The van der Waals surface area contributed by atoms with Crippen molar-refractivity contribution < 1.29 is 5.11 Å². The Morgan fingerprint density at radius 3 is 2.25 bits per heavy atom. The fourth-order valence-electron chi connectivity index (χ4n) is 1.90. The Hall–Kier alpha value is -1.57. The highest BCUT2D eigenvalue weighted by Crippen LogP contribution is 2.21. The molecule has 0 saturated carbocycles. The summed E-state index contributed by atoms with van der Waals surface area (Å²) in [4.78, 5) is 12.4. The van der Waals surface area contributed by atoms with E-state index in [4.69, 9.17) is 0 Å². The van der Waals surface area contributed by atoms with Crippen LogP contribution in [0.15, 0.2) is 58.1 Å². The number of pyridine rings is 2. The Morgan fingerprint density at radius 1 is 1.04 bits per heavy atom. The lowest BCUT2D eigenvalue weighted by molar-refractivity contribution is 0.0784. The highest BCUT2D eigenvalue weighted by molar-refractivity contribution is 9.10. The summed E-state index contributed by atoms with van der Waals surface area (Å²) < 4.78 is 3.67. The number of halogens is 2. The number of imidazole rings is 1. The van der Waals surface area contributed by atoms with Crippen LogP contribution in [0, 0.1) is 0 Å². The predicted molar refractivity (Wildman–Crippen MR) is 101 cm³/mol. The van der Waals surface area contributed by atoms with Crippen molar-refractivity contribution in [3.8, 4) is 11.5 Å². The molecule has 24 heavy (non-hydrogen) atoms. The normalized spacial score (nSPS) is 10.9. The van der Waals surface area contributed by atoms with Gasteiger partial charge in [-0.05, 0) is 75.5 Å². The molecule has 0 spiro atoms. The molecule has 3 aromatic rings. The monoisotopic (exact) mass is 452 g/mol. The van der Waals surface area contributed by atoms with E-state index in [9.17, 15) is 5.11 Å². The summed E-state index contributed by atoms with van der Waals surface area (Å²) in [5.74, 6) is 0.882. The Labute approximate surface area is 158 Å². The van der Waals surface area contributed by atoms with E-state index in [0.717, 1.165) is 26.2 Å². The van der Waals surface area contributed by atoms with Gasteiger partial charge in [0.2, 0.25) is 0 Å². The molecule has 0 bridgehead atoms. The highest BCUT2D eigenvalue weighted by atomic mass is 79.9. The lowest BCUT2D eigenvalue weighted by atomic mass is 10.0. The van der Waals surface area contributed by atoms with Gasteiger partial charge in [0.15, 0.2) is 5.82 Å². The van der Waals surface area contributed by atoms with Crippen molar-refractivity contribution in [2.75, 3.05) is 0 Å². The van der Waals surface area contributed by atoms with Crippen LogP contribution in [0.4, 0.5) is 0 Å². The van der Waals surface area contributed by atoms with E-state index in [2.05, 4.69) is 46.8 Å². The van der Waals surface area contributed by atoms with E-state index in [-0.39, 0.29) is 0 Å². The van der Waals surface area contributed by atoms with Crippen LogP contribution in [0.3, 0.4) is 0 Å². The van der Waals surface area contributed by atoms with Crippen molar-refractivity contribution in [2.24, 2.45) is 7.05 Å². The Balaban J connectivity index is 0.000000177. The molecule has 0 radical (unpaired) electrons. The summed E-state index contributed by atoms with van der Waals surface area (Å²) in [5, 5.41) is 9.56. The van der Waals surface area contributed by atoms with Crippen LogP contribution in [-0.4, -0.2) is 24.6 Å². The molecule has 3 heterocycles. The Morgan fingerprint density at radius 2 is 1.79 bits per heavy atom. The molecular formula is C17H18Br2N4O. The SMILES string of the molecule is CC(C)(O)c1ccnc(Br)c1.Cn1ccnc1-c1ccc(Br)cn1. The molecule has 0 fully saturated rings. The molecule has 0 amide bonds. The third-order valence-electron chi connectivity index (χ3n) is 3.21. The summed E-state index contributed by atoms with van der Waals surface area (Å²) in [7, 11) is 1.95. The van der Waals surface area contributed by atoms with E-state index in [1.165, 1.54) is 0 Å². The zero-order valence-corrected chi connectivity index (χ0v) is 16.8. The highest BCUT2D eigenvalue weighted by Gasteiger charge is 2.15. The van der Waals surface area contributed by atoms with Crippen LogP contribution in [0.25, 0.3) is 11.5 Å². The first-order valence-electron chi connectivity index (χ1n) is 7.21. The van der Waals surface area contributed by atoms with Gasteiger partial charge >= 0.3 is 0 Å². The smallest absolute Gasteiger partial charge is 0.158 e. The van der Waals surface area contributed by atoms with Gasteiger partial charge in [-0.3, -0.25) is 4.98 Å². The molecule has 5 nitrogen and oxygen atoms in total. The molecule has 0 saturated heterocycles. The van der Waals surface area contributed by atoms with Gasteiger partial charge in [0, 0.05) is 36.3 Å². The first-order chi connectivity index (χ1) is 11.3. The molecule has 3 rings (SSSR count). The van der Waals surface area contributed by atoms with E-state index in [0.29, 0.717) is 0 Å². The summed E-state index contributed by atoms with van der Waals surface area (Å²) >= 11 is 6.57. The second-order valence-electron chi connectivity index (χ2n) is 5.65. The van der Waals surface area contributed by atoms with Crippen LogP contribution < -0.4 is 0 Å². The predicted octanol–water partition coefficient (Wildman–Crippen LogP) is 4.32. The largest absolute Gasteiger partial charge is 0.386 e. The molecule has 0 aromatic carbocycles. The van der Waals surface area contributed by atoms with Crippen LogP contribution in [0.1, 0.15) is 19.4 Å². The van der Waals surface area contributed by atoms with Gasteiger partial charge in [-0.15, -0.1) is 0 Å². The fourth-order valence-corrected chi connectivity index (χ4v) is 2.50. The van der Waals surface area contributed by atoms with E-state index in [1.54, 1.807) is 44.6 Å². The maximum absolute atomic E-state index is 9.56. The zero-order chi connectivity index (χ0) is 17.7. The summed E-state index contributed by atoms with van der Waals surface area (Å²) in [6, 6.07) is 7.49. The second-order valence-corrected chi connectivity index (χ2v) is 7.38. The fraction of sp³-hybridized carbons (Fsp3) is 0.235. The number of hydrogen-bond donors (Lipinski definition) is 1. The third kappa shape index (κ3) is 5.22. The van der Waals surface area contributed by atoms with Crippen molar-refractivity contribution in [1.29, 1.82) is 0 Å². The van der Waals surface area contributed by atoms with Gasteiger partial charge in [-0.25, -0.2) is 9.97 Å². The molecular weight excluding hydrogens is 436 g/mol. The first-order valence-corrected chi connectivity index (χ1v) is 8.79. The third-order valence-corrected chi connectivity index (χ3v) is 4.11. The Kier molecular flexibility index (Phi) is 6.26. The molecule has 0 aliphatic rings. The molecule has 0 unspecified atom stereocenters. The number of rotatable bonds is 2. The number of aromatic nitrogens is 4. The average molecular weight is 454 g/mol. The molecule has 0 aliphatic carbocycles. The van der Waals surface area contributed by atoms with E-state index >= 15 is 0 Å². The van der Waals surface area contributed by atoms with Crippen molar-refractivity contribution >= 4 is 31.9 Å². The van der Waals surface area contributed by atoms with Crippen molar-refractivity contribution in [3.63, 3.8) is 0 Å². The number of aliphatic hydroxyl groups is 1. The average Bonchev–Trinajstić information content (AvgIpc) is 2.94. The second kappa shape index (κ2) is 8.00. The van der Waals surface area contributed by atoms with Crippen molar-refractivity contribution in [3.05, 3.63) is 63.7 Å². The molecule has 7 heteroatoms. The molecule has 1 N–H and O–H groups in total. The summed E-state index contributed by atoms with van der Waals surface area (Å²) in [6.45, 7) is 3.49. The minimum Gasteiger partial charge on any atom is -0.386 e. The maximum Gasteiger partial charge on any atom is 0.158 e. The Bertz CT molecular complexity index is 795. The van der Waals surface area contributed by atoms with Gasteiger partial charge in [0.05, 0.1) is 5.60 Å². The number of nitrogens with zero attached hydrogens (tertiary/aromatic N) is 4. The molecule has 126 valence electrons. The van der Waals surface area contributed by atoms with Gasteiger partial charge in [-0.2, -0.15) is 0 Å². The molecule has 0 atom stereocenters. The zero-order valence-electron chi connectivity index (χ0n) is 13.6. The summed E-state index contributed by atoms with van der Waals surface area (Å²) in [5.41, 5.74) is 0.959. The van der Waals surface area contributed by atoms with Gasteiger partial charge < -0.3 is 9.67 Å². The van der Waals surface area contributed by atoms with Crippen LogP contribution >= 0.6 is 31.9 Å². The number of aryl methyl sites for hydroxylation is 1. The lowest BCUT2D eigenvalue weighted by Gasteiger charge is -2.17. The van der Waals surface area contributed by atoms with Crippen LogP contribution in [0.2, 0.25) is 0 Å². The quantitative estimate of drug-likeness (QED) is 0.587. The van der Waals surface area contributed by atoms with Crippen LogP contribution in [0.5, 0.6) is 0 Å². The van der Waals surface area contributed by atoms with Crippen molar-refractivity contribution in [2.45, 2.75) is 19.4 Å². The van der Waals surface area contributed by atoms with Crippen LogP contribution in [-0.2, 0) is 12.6 Å².